The largest absolute Gasteiger partial charge is 0.358 e. The standard InChI is InChI=1S/C14H11BrN4O2/c1-17-14(21)12(6-16)13(20)9-7-18-19(8-9)11-4-2-3-10(15)5-11/h2-5,7-8,12H,1H3,(H,17,21)/t12-/m1/s1. The van der Waals surface area contributed by atoms with Gasteiger partial charge in [-0.15, -0.1) is 0 Å². The van der Waals surface area contributed by atoms with Crippen molar-refractivity contribution in [1.29, 1.82) is 5.26 Å². The van der Waals surface area contributed by atoms with Crippen molar-refractivity contribution in [1.82, 2.24) is 15.1 Å². The number of rotatable bonds is 4. The minimum absolute atomic E-state index is 0.213. The van der Waals surface area contributed by atoms with Gasteiger partial charge in [0.05, 0.1) is 23.5 Å². The maximum absolute atomic E-state index is 12.1. The number of nitriles is 1. The van der Waals surface area contributed by atoms with Gasteiger partial charge in [-0.3, -0.25) is 9.59 Å². The van der Waals surface area contributed by atoms with E-state index in [1.165, 1.54) is 24.1 Å². The average Bonchev–Trinajstić information content (AvgIpc) is 2.97. The van der Waals surface area contributed by atoms with Crippen molar-refractivity contribution >= 4 is 27.6 Å². The summed E-state index contributed by atoms with van der Waals surface area (Å²) in [5.74, 6) is -2.56. The number of aromatic nitrogens is 2. The molecular formula is C14H11BrN4O2. The number of ketones is 1. The highest BCUT2D eigenvalue weighted by atomic mass is 79.9. The predicted octanol–water partition coefficient (Wildman–Crippen LogP) is 1.70. The summed E-state index contributed by atoms with van der Waals surface area (Å²) in [5.41, 5.74) is 0.974. The molecule has 2 rings (SSSR count). The Labute approximate surface area is 129 Å². The highest BCUT2D eigenvalue weighted by Gasteiger charge is 2.27. The molecule has 0 spiro atoms. The van der Waals surface area contributed by atoms with Crippen LogP contribution in [0.2, 0.25) is 0 Å². The zero-order chi connectivity index (χ0) is 15.4. The smallest absolute Gasteiger partial charge is 0.245 e. The van der Waals surface area contributed by atoms with E-state index in [2.05, 4.69) is 26.3 Å². The molecule has 1 N–H and O–H groups in total. The molecule has 6 nitrogen and oxygen atoms in total. The maximum Gasteiger partial charge on any atom is 0.245 e. The molecule has 1 amide bonds. The summed E-state index contributed by atoms with van der Waals surface area (Å²) in [6.45, 7) is 0. The fourth-order valence-corrected chi connectivity index (χ4v) is 2.14. The summed E-state index contributed by atoms with van der Waals surface area (Å²) in [6.07, 6.45) is 2.84. The molecule has 106 valence electrons. The number of amides is 1. The van der Waals surface area contributed by atoms with Gasteiger partial charge in [-0.25, -0.2) is 4.68 Å². The van der Waals surface area contributed by atoms with E-state index in [4.69, 9.17) is 5.26 Å². The Balaban J connectivity index is 2.30. The Hall–Kier alpha value is -2.46. The molecule has 0 aliphatic heterocycles. The van der Waals surface area contributed by atoms with Crippen LogP contribution in [0.4, 0.5) is 0 Å². The maximum atomic E-state index is 12.1. The highest BCUT2D eigenvalue weighted by molar-refractivity contribution is 9.10. The van der Waals surface area contributed by atoms with Crippen LogP contribution in [-0.2, 0) is 4.79 Å². The van der Waals surface area contributed by atoms with Crippen molar-refractivity contribution in [2.45, 2.75) is 0 Å². The summed E-state index contributed by atoms with van der Waals surface area (Å²) in [5, 5.41) is 15.3. The summed E-state index contributed by atoms with van der Waals surface area (Å²) in [4.78, 5) is 23.6. The van der Waals surface area contributed by atoms with Gasteiger partial charge in [0, 0.05) is 17.7 Å². The third kappa shape index (κ3) is 3.17. The van der Waals surface area contributed by atoms with Crippen LogP contribution in [0.3, 0.4) is 0 Å². The van der Waals surface area contributed by atoms with E-state index in [9.17, 15) is 9.59 Å². The lowest BCUT2D eigenvalue weighted by molar-refractivity contribution is -0.121. The number of benzene rings is 1. The number of nitrogens with zero attached hydrogens (tertiary/aromatic N) is 3. The van der Waals surface area contributed by atoms with Crippen molar-refractivity contribution in [3.05, 3.63) is 46.7 Å². The molecule has 7 heteroatoms. The van der Waals surface area contributed by atoms with Gasteiger partial charge in [-0.2, -0.15) is 10.4 Å². The molecule has 0 unspecified atom stereocenters. The zero-order valence-electron chi connectivity index (χ0n) is 11.1. The molecule has 2 aromatic rings. The lowest BCUT2D eigenvalue weighted by Crippen LogP contribution is -2.32. The molecule has 0 aliphatic carbocycles. The second-order valence-corrected chi connectivity index (χ2v) is 5.11. The molecule has 1 aromatic heterocycles. The molecule has 1 aromatic carbocycles. The monoisotopic (exact) mass is 346 g/mol. The van der Waals surface area contributed by atoms with Gasteiger partial charge in [-0.05, 0) is 18.2 Å². The SMILES string of the molecule is CNC(=O)[C@H](C#N)C(=O)c1cnn(-c2cccc(Br)c2)c1. The van der Waals surface area contributed by atoms with E-state index in [1.54, 1.807) is 6.07 Å². The Morgan fingerprint density at radius 1 is 1.48 bits per heavy atom. The first-order valence-electron chi connectivity index (χ1n) is 6.03. The molecule has 1 atom stereocenters. The molecule has 0 saturated heterocycles. The molecule has 0 radical (unpaired) electrons. The summed E-state index contributed by atoms with van der Waals surface area (Å²) >= 11 is 3.35. The molecule has 1 heterocycles. The molecule has 0 fully saturated rings. The third-order valence-electron chi connectivity index (χ3n) is 2.84. The lowest BCUT2D eigenvalue weighted by atomic mass is 10.0. The molecule has 0 aliphatic rings. The molecule has 0 saturated carbocycles. The van der Waals surface area contributed by atoms with Crippen LogP contribution in [0.15, 0.2) is 41.1 Å². The molecular weight excluding hydrogens is 336 g/mol. The van der Waals surface area contributed by atoms with Gasteiger partial charge in [0.15, 0.2) is 11.7 Å². The van der Waals surface area contributed by atoms with Crippen molar-refractivity contribution in [2.75, 3.05) is 7.05 Å². The minimum atomic E-state index is -1.37. The zero-order valence-corrected chi connectivity index (χ0v) is 12.7. The molecule has 0 bridgehead atoms. The number of carbonyl (C=O) groups is 2. The lowest BCUT2D eigenvalue weighted by Gasteiger charge is -2.04. The summed E-state index contributed by atoms with van der Waals surface area (Å²) in [7, 11) is 1.38. The number of halogens is 1. The predicted molar refractivity (Wildman–Crippen MR) is 78.8 cm³/mol. The normalized spacial score (nSPS) is 11.5. The summed E-state index contributed by atoms with van der Waals surface area (Å²) in [6, 6.07) is 9.07. The van der Waals surface area contributed by atoms with E-state index in [1.807, 2.05) is 24.3 Å². The van der Waals surface area contributed by atoms with Crippen LogP contribution in [0.5, 0.6) is 0 Å². The van der Waals surface area contributed by atoms with Gasteiger partial charge in [0.25, 0.3) is 0 Å². The average molecular weight is 347 g/mol. The van der Waals surface area contributed by atoms with Crippen LogP contribution in [0.1, 0.15) is 10.4 Å². The first-order chi connectivity index (χ1) is 10.1. The second-order valence-electron chi connectivity index (χ2n) is 4.19. The van der Waals surface area contributed by atoms with Crippen LogP contribution in [-0.4, -0.2) is 28.5 Å². The van der Waals surface area contributed by atoms with Crippen molar-refractivity contribution in [3.8, 4) is 11.8 Å². The topological polar surface area (TPSA) is 87.8 Å². The second kappa shape index (κ2) is 6.33. The number of nitrogens with one attached hydrogen (secondary N) is 1. The first kappa shape index (κ1) is 14.9. The quantitative estimate of drug-likeness (QED) is 0.674. The minimum Gasteiger partial charge on any atom is -0.358 e. The Bertz CT molecular complexity index is 733. The van der Waals surface area contributed by atoms with E-state index in [-0.39, 0.29) is 5.56 Å². The number of Topliss-reactive ketones (excluding diaryl/α,β-unsaturated/α-hetero) is 1. The summed E-state index contributed by atoms with van der Waals surface area (Å²) < 4.78 is 2.39. The van der Waals surface area contributed by atoms with Gasteiger partial charge < -0.3 is 5.32 Å². The Morgan fingerprint density at radius 3 is 2.86 bits per heavy atom. The van der Waals surface area contributed by atoms with Gasteiger partial charge in [0.2, 0.25) is 5.91 Å². The Kier molecular flexibility index (Phi) is 4.50. The number of carbonyl (C=O) groups excluding carboxylic acids is 2. The van der Waals surface area contributed by atoms with Crippen LogP contribution in [0, 0.1) is 17.2 Å². The molecule has 21 heavy (non-hydrogen) atoms. The highest BCUT2D eigenvalue weighted by Crippen LogP contribution is 2.16. The van der Waals surface area contributed by atoms with Crippen LogP contribution in [0.25, 0.3) is 5.69 Å². The van der Waals surface area contributed by atoms with E-state index in [0.29, 0.717) is 0 Å². The van der Waals surface area contributed by atoms with Crippen molar-refractivity contribution in [2.24, 2.45) is 5.92 Å². The Morgan fingerprint density at radius 2 is 2.24 bits per heavy atom. The van der Waals surface area contributed by atoms with E-state index in [0.717, 1.165) is 10.2 Å². The van der Waals surface area contributed by atoms with Crippen LogP contribution >= 0.6 is 15.9 Å². The van der Waals surface area contributed by atoms with Gasteiger partial charge >= 0.3 is 0 Å². The number of hydrogen-bond acceptors (Lipinski definition) is 4. The fraction of sp³-hybridized carbons (Fsp3) is 0.143. The van der Waals surface area contributed by atoms with E-state index >= 15 is 0 Å². The van der Waals surface area contributed by atoms with Crippen LogP contribution < -0.4 is 5.32 Å². The first-order valence-corrected chi connectivity index (χ1v) is 6.82. The third-order valence-corrected chi connectivity index (χ3v) is 3.33. The number of hydrogen-bond donors (Lipinski definition) is 1. The van der Waals surface area contributed by atoms with Crippen molar-refractivity contribution in [3.63, 3.8) is 0 Å². The van der Waals surface area contributed by atoms with E-state index < -0.39 is 17.6 Å². The fourth-order valence-electron chi connectivity index (χ4n) is 1.76. The van der Waals surface area contributed by atoms with Crippen molar-refractivity contribution < 1.29 is 9.59 Å². The van der Waals surface area contributed by atoms with Gasteiger partial charge in [0.1, 0.15) is 0 Å². The van der Waals surface area contributed by atoms with Gasteiger partial charge in [-0.1, -0.05) is 22.0 Å².